The summed E-state index contributed by atoms with van der Waals surface area (Å²) in [4.78, 5) is 0. The highest BCUT2D eigenvalue weighted by Crippen LogP contribution is 2.42. The van der Waals surface area contributed by atoms with Crippen LogP contribution in [0.2, 0.25) is 0 Å². The van der Waals surface area contributed by atoms with Crippen LogP contribution >= 0.6 is 0 Å². The lowest BCUT2D eigenvalue weighted by Gasteiger charge is -2.22. The zero-order valence-electron chi connectivity index (χ0n) is 10.9. The van der Waals surface area contributed by atoms with E-state index in [2.05, 4.69) is 36.5 Å². The maximum absolute atomic E-state index is 5.38. The van der Waals surface area contributed by atoms with E-state index < -0.39 is 0 Å². The summed E-state index contributed by atoms with van der Waals surface area (Å²) in [5.41, 5.74) is 3.68. The van der Waals surface area contributed by atoms with Crippen molar-refractivity contribution < 1.29 is 9.47 Å². The molecule has 0 saturated carbocycles. The third kappa shape index (κ3) is 1.58. The van der Waals surface area contributed by atoms with Gasteiger partial charge in [-0.25, -0.2) is 0 Å². The summed E-state index contributed by atoms with van der Waals surface area (Å²) in [5, 5.41) is 3.51. The van der Waals surface area contributed by atoms with Crippen molar-refractivity contribution in [3.8, 4) is 5.75 Å². The SMILES string of the molecule is COC1=CC2Nc3cc(OC)ccc3C2C=C1C. The monoisotopic (exact) mass is 243 g/mol. The van der Waals surface area contributed by atoms with Crippen molar-refractivity contribution in [3.05, 3.63) is 47.2 Å². The van der Waals surface area contributed by atoms with Crippen molar-refractivity contribution in [1.29, 1.82) is 0 Å². The predicted molar refractivity (Wildman–Crippen MR) is 72.0 cm³/mol. The Morgan fingerprint density at radius 1 is 1.11 bits per heavy atom. The Kier molecular flexibility index (Phi) is 2.54. The molecule has 1 aliphatic heterocycles. The van der Waals surface area contributed by atoms with Gasteiger partial charge in [0.1, 0.15) is 11.5 Å². The number of nitrogens with one attached hydrogen (secondary N) is 1. The van der Waals surface area contributed by atoms with Crippen molar-refractivity contribution in [2.45, 2.75) is 18.9 Å². The molecule has 1 N–H and O–H groups in total. The summed E-state index contributed by atoms with van der Waals surface area (Å²) in [5.74, 6) is 2.24. The Balaban J connectivity index is 2.00. The fourth-order valence-corrected chi connectivity index (χ4v) is 2.75. The molecule has 2 aliphatic rings. The largest absolute Gasteiger partial charge is 0.497 e. The minimum atomic E-state index is 0.283. The fourth-order valence-electron chi connectivity index (χ4n) is 2.75. The van der Waals surface area contributed by atoms with Gasteiger partial charge in [0.25, 0.3) is 0 Å². The van der Waals surface area contributed by atoms with Crippen LogP contribution in [0.5, 0.6) is 5.75 Å². The summed E-state index contributed by atoms with van der Waals surface area (Å²) in [7, 11) is 3.41. The number of allylic oxidation sites excluding steroid dienone is 1. The quantitative estimate of drug-likeness (QED) is 0.866. The number of benzene rings is 1. The molecule has 18 heavy (non-hydrogen) atoms. The zero-order chi connectivity index (χ0) is 12.7. The number of rotatable bonds is 2. The molecule has 0 amide bonds. The van der Waals surface area contributed by atoms with Gasteiger partial charge in [0.15, 0.2) is 0 Å². The number of hydrogen-bond donors (Lipinski definition) is 1. The van der Waals surface area contributed by atoms with Crippen molar-refractivity contribution in [1.82, 2.24) is 0 Å². The molecular formula is C15H17NO2. The average Bonchev–Trinajstić information content (AvgIpc) is 2.74. The van der Waals surface area contributed by atoms with Crippen LogP contribution in [0.4, 0.5) is 5.69 Å². The van der Waals surface area contributed by atoms with Gasteiger partial charge in [-0.3, -0.25) is 0 Å². The Bertz CT molecular complexity index is 545. The van der Waals surface area contributed by atoms with Crippen molar-refractivity contribution >= 4 is 5.69 Å². The highest BCUT2D eigenvalue weighted by atomic mass is 16.5. The van der Waals surface area contributed by atoms with E-state index in [-0.39, 0.29) is 6.04 Å². The molecule has 1 aliphatic carbocycles. The minimum absolute atomic E-state index is 0.283. The molecule has 1 heterocycles. The molecule has 2 unspecified atom stereocenters. The molecular weight excluding hydrogens is 226 g/mol. The molecule has 3 nitrogen and oxygen atoms in total. The lowest BCUT2D eigenvalue weighted by Crippen LogP contribution is -2.21. The standard InChI is InChI=1S/C15H17NO2/c1-9-6-12-11-5-4-10(17-2)7-13(11)16-14(12)8-15(9)18-3/h4-8,12,14,16H,1-3H3. The molecule has 94 valence electrons. The molecule has 1 aromatic rings. The minimum Gasteiger partial charge on any atom is -0.497 e. The lowest BCUT2D eigenvalue weighted by atomic mass is 9.88. The summed E-state index contributed by atoms with van der Waals surface area (Å²) in [6.07, 6.45) is 4.43. The topological polar surface area (TPSA) is 30.5 Å². The molecule has 3 rings (SSSR count). The molecule has 1 aromatic carbocycles. The molecule has 0 fully saturated rings. The number of anilines is 1. The van der Waals surface area contributed by atoms with Crippen LogP contribution < -0.4 is 10.1 Å². The molecule has 0 aromatic heterocycles. The second-order valence-electron chi connectivity index (χ2n) is 4.73. The summed E-state index contributed by atoms with van der Waals surface area (Å²) >= 11 is 0. The highest BCUT2D eigenvalue weighted by molar-refractivity contribution is 5.66. The van der Waals surface area contributed by atoms with Crippen molar-refractivity contribution in [2.24, 2.45) is 0 Å². The molecule has 0 radical (unpaired) electrons. The van der Waals surface area contributed by atoms with E-state index in [1.807, 2.05) is 6.07 Å². The van der Waals surface area contributed by atoms with Gasteiger partial charge < -0.3 is 14.8 Å². The number of hydrogen-bond acceptors (Lipinski definition) is 3. The van der Waals surface area contributed by atoms with Crippen LogP contribution in [0.3, 0.4) is 0 Å². The van der Waals surface area contributed by atoms with Crippen LogP contribution in [0, 0.1) is 0 Å². The summed E-state index contributed by atoms with van der Waals surface area (Å²) < 4.78 is 10.6. The van der Waals surface area contributed by atoms with Crippen LogP contribution in [-0.4, -0.2) is 20.3 Å². The first-order chi connectivity index (χ1) is 8.72. The predicted octanol–water partition coefficient (Wildman–Crippen LogP) is 3.06. The molecule has 3 heteroatoms. The Labute approximate surface area is 107 Å². The van der Waals surface area contributed by atoms with Gasteiger partial charge in [-0.05, 0) is 30.2 Å². The number of fused-ring (bicyclic) bond motifs is 3. The van der Waals surface area contributed by atoms with Crippen LogP contribution in [0.25, 0.3) is 0 Å². The van der Waals surface area contributed by atoms with Gasteiger partial charge in [-0.1, -0.05) is 12.1 Å². The van der Waals surface area contributed by atoms with E-state index in [1.165, 1.54) is 11.1 Å². The molecule has 0 bridgehead atoms. The first-order valence-corrected chi connectivity index (χ1v) is 6.12. The van der Waals surface area contributed by atoms with Crippen LogP contribution in [-0.2, 0) is 4.74 Å². The maximum Gasteiger partial charge on any atom is 0.120 e. The Hall–Kier alpha value is -1.90. The third-order valence-electron chi connectivity index (χ3n) is 3.70. The molecule has 0 saturated heterocycles. The fraction of sp³-hybridized carbons (Fsp3) is 0.333. The van der Waals surface area contributed by atoms with Gasteiger partial charge in [0.2, 0.25) is 0 Å². The van der Waals surface area contributed by atoms with E-state index in [1.54, 1.807) is 14.2 Å². The van der Waals surface area contributed by atoms with Gasteiger partial charge in [-0.2, -0.15) is 0 Å². The normalized spacial score (nSPS) is 24.4. The second-order valence-corrected chi connectivity index (χ2v) is 4.73. The summed E-state index contributed by atoms with van der Waals surface area (Å²) in [6.45, 7) is 2.09. The van der Waals surface area contributed by atoms with E-state index in [0.29, 0.717) is 5.92 Å². The van der Waals surface area contributed by atoms with E-state index in [4.69, 9.17) is 9.47 Å². The first-order valence-electron chi connectivity index (χ1n) is 6.12. The third-order valence-corrected chi connectivity index (χ3v) is 3.70. The first kappa shape index (κ1) is 11.2. The number of methoxy groups -OCH3 is 2. The van der Waals surface area contributed by atoms with Gasteiger partial charge in [-0.15, -0.1) is 0 Å². The van der Waals surface area contributed by atoms with Gasteiger partial charge in [0.05, 0.1) is 20.3 Å². The molecule has 2 atom stereocenters. The van der Waals surface area contributed by atoms with Gasteiger partial charge in [0, 0.05) is 17.7 Å². The van der Waals surface area contributed by atoms with E-state index in [9.17, 15) is 0 Å². The van der Waals surface area contributed by atoms with Crippen LogP contribution in [0.15, 0.2) is 41.7 Å². The van der Waals surface area contributed by atoms with E-state index >= 15 is 0 Å². The smallest absolute Gasteiger partial charge is 0.120 e. The summed E-state index contributed by atoms with van der Waals surface area (Å²) in [6, 6.07) is 6.49. The van der Waals surface area contributed by atoms with Crippen molar-refractivity contribution in [2.75, 3.05) is 19.5 Å². The Morgan fingerprint density at radius 2 is 1.94 bits per heavy atom. The maximum atomic E-state index is 5.38. The van der Waals surface area contributed by atoms with Crippen LogP contribution in [0.1, 0.15) is 18.4 Å². The lowest BCUT2D eigenvalue weighted by molar-refractivity contribution is 0.295. The zero-order valence-corrected chi connectivity index (χ0v) is 10.9. The average molecular weight is 243 g/mol. The van der Waals surface area contributed by atoms with Gasteiger partial charge >= 0.3 is 0 Å². The molecule has 0 spiro atoms. The highest BCUT2D eigenvalue weighted by Gasteiger charge is 2.32. The Morgan fingerprint density at radius 3 is 2.67 bits per heavy atom. The second kappa shape index (κ2) is 4.09. The van der Waals surface area contributed by atoms with Crippen molar-refractivity contribution in [3.63, 3.8) is 0 Å². The van der Waals surface area contributed by atoms with E-state index in [0.717, 1.165) is 17.2 Å². The number of ether oxygens (including phenoxy) is 2.